The molecule has 0 aliphatic carbocycles. The van der Waals surface area contributed by atoms with Crippen LogP contribution in [0.1, 0.15) is 0 Å². The van der Waals surface area contributed by atoms with E-state index in [2.05, 4.69) is 279 Å². The Labute approximate surface area is 388 Å². The second-order valence-electron chi connectivity index (χ2n) is 16.9. The van der Waals surface area contributed by atoms with Crippen LogP contribution >= 0.6 is 0 Å². The van der Waals surface area contributed by atoms with E-state index in [4.69, 9.17) is 0 Å². The number of hydrogen-bond acceptors (Lipinski definition) is 0. The number of rotatable bonds is 10. The lowest BCUT2D eigenvalue weighted by Gasteiger charge is -2.10. The van der Waals surface area contributed by atoms with E-state index < -0.39 is 0 Å². The fraction of sp³-hybridized carbons (Fsp3) is 0. The summed E-state index contributed by atoms with van der Waals surface area (Å²) in [6.45, 7) is 0. The third-order valence-corrected chi connectivity index (χ3v) is 12.8. The van der Waals surface area contributed by atoms with Crippen LogP contribution in [0.25, 0.3) is 111 Å². The molecule has 0 amide bonds. The molecule has 0 N–H and O–H groups in total. The van der Waals surface area contributed by atoms with Crippen LogP contribution in [-0.2, 0) is 0 Å². The summed E-state index contributed by atoms with van der Waals surface area (Å²) in [5.74, 6) is 0. The smallest absolute Gasteiger partial charge is 0.0178 e. The van der Waals surface area contributed by atoms with Crippen LogP contribution in [0.5, 0.6) is 0 Å². The molecule has 0 unspecified atom stereocenters. The summed E-state index contributed by atoms with van der Waals surface area (Å²) < 4.78 is 0. The van der Waals surface area contributed by atoms with Crippen molar-refractivity contribution in [1.29, 1.82) is 0 Å². The van der Waals surface area contributed by atoms with Gasteiger partial charge < -0.3 is 0 Å². The Kier molecular flexibility index (Phi) is 11.1. The highest BCUT2D eigenvalue weighted by Gasteiger charge is 2.08. The highest BCUT2D eigenvalue weighted by Crippen LogP contribution is 2.34. The molecule has 0 aromatic heterocycles. The van der Waals surface area contributed by atoms with Crippen LogP contribution in [0.15, 0.2) is 279 Å². The van der Waals surface area contributed by atoms with E-state index in [0.717, 1.165) is 0 Å². The number of hydrogen-bond donors (Lipinski definition) is 0. The van der Waals surface area contributed by atoms with E-state index >= 15 is 0 Å². The van der Waals surface area contributed by atoms with Gasteiger partial charge in [0.2, 0.25) is 0 Å². The maximum absolute atomic E-state index is 2.30. The Morgan fingerprint density at radius 1 is 0.0909 bits per heavy atom. The highest BCUT2D eigenvalue weighted by atomic mass is 14.1. The van der Waals surface area contributed by atoms with Crippen molar-refractivity contribution in [1.82, 2.24) is 0 Å². The van der Waals surface area contributed by atoms with Gasteiger partial charge in [-0.2, -0.15) is 0 Å². The molecule has 0 fully saturated rings. The average molecular weight is 839 g/mol. The third-order valence-electron chi connectivity index (χ3n) is 12.8. The Morgan fingerprint density at radius 2 is 0.212 bits per heavy atom. The van der Waals surface area contributed by atoms with Crippen LogP contribution in [0, 0.1) is 0 Å². The molecule has 0 aliphatic rings. The van der Waals surface area contributed by atoms with E-state index in [0.29, 0.717) is 0 Å². The van der Waals surface area contributed by atoms with Crippen molar-refractivity contribution in [2.75, 3.05) is 0 Å². The first kappa shape index (κ1) is 40.2. The first-order chi connectivity index (χ1) is 32.7. The molecular weight excluding hydrogens is 793 g/mol. The normalized spacial score (nSPS) is 11.0. The zero-order valence-corrected chi connectivity index (χ0v) is 36.6. The Morgan fingerprint density at radius 3 is 0.379 bits per heavy atom. The SMILES string of the molecule is c1ccc(-c2ccc(-c3ccc(-c4ccc(-c5ccc(-c6cccc(-c7ccc(-c8ccc(-c9ccc(-c%10ccc(-c%11ccccc%11)cc%10)cc9)cc8)cc7)c6)cc5)cc4)cc3)cc2)cc1. The van der Waals surface area contributed by atoms with E-state index in [-0.39, 0.29) is 0 Å². The molecule has 310 valence electrons. The van der Waals surface area contributed by atoms with Gasteiger partial charge in [0.1, 0.15) is 0 Å². The van der Waals surface area contributed by atoms with Gasteiger partial charge in [0.25, 0.3) is 0 Å². The summed E-state index contributed by atoms with van der Waals surface area (Å²) in [4.78, 5) is 0. The molecule has 0 heterocycles. The molecule has 11 aromatic carbocycles. The van der Waals surface area contributed by atoms with Gasteiger partial charge in [0.15, 0.2) is 0 Å². The fourth-order valence-electron chi connectivity index (χ4n) is 8.98. The minimum absolute atomic E-state index is 1.20. The molecule has 66 heavy (non-hydrogen) atoms. The maximum atomic E-state index is 2.30. The lowest BCUT2D eigenvalue weighted by molar-refractivity contribution is 1.55. The predicted octanol–water partition coefficient (Wildman–Crippen LogP) is 18.4. The summed E-state index contributed by atoms with van der Waals surface area (Å²) in [5.41, 5.74) is 24.3. The van der Waals surface area contributed by atoms with E-state index in [1.54, 1.807) is 0 Å². The second kappa shape index (κ2) is 18.3. The quantitative estimate of drug-likeness (QED) is 0.129. The van der Waals surface area contributed by atoms with Gasteiger partial charge >= 0.3 is 0 Å². The summed E-state index contributed by atoms with van der Waals surface area (Å²) in [5, 5.41) is 0. The Bertz CT molecular complexity index is 3100. The molecule has 0 bridgehead atoms. The molecule has 0 radical (unpaired) electrons. The summed E-state index contributed by atoms with van der Waals surface area (Å²) in [6.07, 6.45) is 0. The van der Waals surface area contributed by atoms with Crippen molar-refractivity contribution in [3.8, 4) is 111 Å². The van der Waals surface area contributed by atoms with Crippen molar-refractivity contribution in [2.24, 2.45) is 0 Å². The molecule has 0 saturated carbocycles. The average Bonchev–Trinajstić information content (AvgIpc) is 3.42. The Hall–Kier alpha value is -8.58. The van der Waals surface area contributed by atoms with Gasteiger partial charge in [-0.3, -0.25) is 0 Å². The summed E-state index contributed by atoms with van der Waals surface area (Å²) >= 11 is 0. The topological polar surface area (TPSA) is 0 Å². The van der Waals surface area contributed by atoms with Crippen LogP contribution in [0.4, 0.5) is 0 Å². The van der Waals surface area contributed by atoms with E-state index in [1.807, 2.05) is 0 Å². The molecular formula is C66H46. The van der Waals surface area contributed by atoms with Gasteiger partial charge in [-0.25, -0.2) is 0 Å². The highest BCUT2D eigenvalue weighted by molar-refractivity contribution is 5.80. The summed E-state index contributed by atoms with van der Waals surface area (Å²) in [6, 6.07) is 101. The third kappa shape index (κ3) is 8.69. The standard InChI is InChI=1S/C66H46/c1-3-8-47(9-4-1)49-14-18-51(19-15-49)53-22-26-55(27-23-53)57-30-34-59(35-31-57)61-38-42-63(43-39-61)65-12-7-13-66(46-65)64-44-40-62(41-45-64)60-36-32-58(33-37-60)56-28-24-54(25-29-56)52-20-16-50(17-21-52)48-10-5-2-6-11-48/h1-46H. The number of benzene rings is 11. The van der Waals surface area contributed by atoms with Crippen molar-refractivity contribution >= 4 is 0 Å². The first-order valence-corrected chi connectivity index (χ1v) is 22.7. The van der Waals surface area contributed by atoms with Crippen molar-refractivity contribution in [3.05, 3.63) is 279 Å². The van der Waals surface area contributed by atoms with Crippen molar-refractivity contribution in [3.63, 3.8) is 0 Å². The molecule has 11 aromatic rings. The zero-order chi connectivity index (χ0) is 44.1. The van der Waals surface area contributed by atoms with E-state index in [1.165, 1.54) is 111 Å². The van der Waals surface area contributed by atoms with Gasteiger partial charge in [0, 0.05) is 0 Å². The molecule has 0 nitrogen and oxygen atoms in total. The van der Waals surface area contributed by atoms with Gasteiger partial charge in [-0.15, -0.1) is 0 Å². The van der Waals surface area contributed by atoms with Crippen LogP contribution in [0.2, 0.25) is 0 Å². The maximum Gasteiger partial charge on any atom is -0.0178 e. The Balaban J connectivity index is 0.716. The minimum Gasteiger partial charge on any atom is -0.0622 e. The molecule has 11 rings (SSSR count). The molecule has 0 saturated heterocycles. The van der Waals surface area contributed by atoms with Gasteiger partial charge in [-0.1, -0.05) is 273 Å². The molecule has 0 aliphatic heterocycles. The molecule has 0 heteroatoms. The van der Waals surface area contributed by atoms with Gasteiger partial charge in [0.05, 0.1) is 0 Å². The van der Waals surface area contributed by atoms with E-state index in [9.17, 15) is 0 Å². The lowest BCUT2D eigenvalue weighted by atomic mass is 9.95. The molecule has 0 atom stereocenters. The largest absolute Gasteiger partial charge is 0.0622 e. The van der Waals surface area contributed by atoms with Gasteiger partial charge in [-0.05, 0) is 117 Å². The van der Waals surface area contributed by atoms with Crippen LogP contribution in [0.3, 0.4) is 0 Å². The fourth-order valence-corrected chi connectivity index (χ4v) is 8.98. The van der Waals surface area contributed by atoms with Crippen LogP contribution < -0.4 is 0 Å². The predicted molar refractivity (Wildman–Crippen MR) is 281 cm³/mol. The minimum atomic E-state index is 1.20. The molecule has 0 spiro atoms. The lowest BCUT2D eigenvalue weighted by Crippen LogP contribution is -1.85. The first-order valence-electron chi connectivity index (χ1n) is 22.7. The zero-order valence-electron chi connectivity index (χ0n) is 36.6. The summed E-state index contributed by atoms with van der Waals surface area (Å²) in [7, 11) is 0. The van der Waals surface area contributed by atoms with Crippen LogP contribution in [-0.4, -0.2) is 0 Å². The second-order valence-corrected chi connectivity index (χ2v) is 16.9. The monoisotopic (exact) mass is 838 g/mol. The van der Waals surface area contributed by atoms with Crippen molar-refractivity contribution in [2.45, 2.75) is 0 Å². The van der Waals surface area contributed by atoms with Crippen molar-refractivity contribution < 1.29 is 0 Å².